The van der Waals surface area contributed by atoms with Crippen LogP contribution >= 0.6 is 0 Å². The average Bonchev–Trinajstić information content (AvgIpc) is 3.32. The molecule has 3 atom stereocenters. The number of fused-ring (bicyclic) bond motifs is 1. The second kappa shape index (κ2) is 11.7. The number of nitrogens with zero attached hydrogens (tertiary/aromatic N) is 3. The minimum Gasteiger partial charge on any atom is -0.463 e. The third-order valence-corrected chi connectivity index (χ3v) is 7.73. The van der Waals surface area contributed by atoms with Gasteiger partial charge < -0.3 is 29.4 Å². The molecule has 11 heteroatoms. The highest BCUT2D eigenvalue weighted by Crippen LogP contribution is 2.35. The van der Waals surface area contributed by atoms with Gasteiger partial charge in [-0.05, 0) is 69.4 Å². The van der Waals surface area contributed by atoms with E-state index in [0.717, 1.165) is 5.56 Å². The molecule has 41 heavy (non-hydrogen) atoms. The van der Waals surface area contributed by atoms with E-state index in [2.05, 4.69) is 10.3 Å². The van der Waals surface area contributed by atoms with E-state index in [0.29, 0.717) is 67.1 Å². The lowest BCUT2D eigenvalue weighted by Gasteiger charge is -2.37. The molecule has 0 spiro atoms. The molecule has 220 valence electrons. The quantitative estimate of drug-likeness (QED) is 0.415. The Morgan fingerprint density at radius 3 is 2.76 bits per heavy atom. The highest BCUT2D eigenvalue weighted by atomic mass is 16.6. The van der Waals surface area contributed by atoms with Crippen LogP contribution in [0.15, 0.2) is 35.3 Å². The first-order valence-corrected chi connectivity index (χ1v) is 14.2. The number of carbonyl (C=O) groups is 2. The van der Waals surface area contributed by atoms with Gasteiger partial charge in [0.25, 0.3) is 11.5 Å². The van der Waals surface area contributed by atoms with E-state index in [1.165, 1.54) is 0 Å². The van der Waals surface area contributed by atoms with Crippen molar-refractivity contribution in [3.8, 4) is 0 Å². The molecule has 0 saturated carbocycles. The number of esters is 1. The summed E-state index contributed by atoms with van der Waals surface area (Å²) in [6.07, 6.45) is 2.10. The molecule has 4 heterocycles. The number of morpholine rings is 1. The van der Waals surface area contributed by atoms with E-state index >= 15 is 0 Å². The van der Waals surface area contributed by atoms with Crippen molar-refractivity contribution in [2.45, 2.75) is 65.2 Å². The average molecular weight is 566 g/mol. The number of rotatable bonds is 7. The predicted octanol–water partition coefficient (Wildman–Crippen LogP) is 3.73. The van der Waals surface area contributed by atoms with Gasteiger partial charge >= 0.3 is 5.97 Å². The Bertz CT molecular complexity index is 1490. The van der Waals surface area contributed by atoms with Crippen LogP contribution < -0.4 is 10.9 Å². The van der Waals surface area contributed by atoms with Crippen molar-refractivity contribution in [2.75, 3.05) is 38.2 Å². The number of H-pyrrole nitrogens is 1. The lowest BCUT2D eigenvalue weighted by molar-refractivity contribution is -0.165. The van der Waals surface area contributed by atoms with Crippen molar-refractivity contribution >= 4 is 34.3 Å². The van der Waals surface area contributed by atoms with Gasteiger partial charge in [0.15, 0.2) is 11.9 Å². The van der Waals surface area contributed by atoms with E-state index in [1.54, 1.807) is 12.3 Å². The summed E-state index contributed by atoms with van der Waals surface area (Å²) in [5, 5.41) is 8.56. The zero-order valence-electron chi connectivity index (χ0n) is 24.4. The van der Waals surface area contributed by atoms with Crippen molar-refractivity contribution in [3.63, 3.8) is 0 Å². The topological polar surface area (TPSA) is 128 Å². The number of aromatic amines is 1. The normalized spacial score (nSPS) is 23.1. The summed E-state index contributed by atoms with van der Waals surface area (Å²) in [7, 11) is 0. The summed E-state index contributed by atoms with van der Waals surface area (Å²) in [6.45, 7) is 12.1. The molecule has 3 aromatic rings. The molecule has 2 aliphatic heterocycles. The van der Waals surface area contributed by atoms with Gasteiger partial charge in [-0.3, -0.25) is 14.3 Å². The van der Waals surface area contributed by atoms with E-state index in [9.17, 15) is 14.4 Å². The van der Waals surface area contributed by atoms with Gasteiger partial charge in [0.1, 0.15) is 5.39 Å². The Morgan fingerprint density at radius 2 is 2.07 bits per heavy atom. The van der Waals surface area contributed by atoms with Gasteiger partial charge in [-0.25, -0.2) is 4.79 Å². The molecule has 2 saturated heterocycles. The number of pyridine rings is 1. The molecule has 2 aromatic heterocycles. The number of hydrogen-bond acceptors (Lipinski definition) is 8. The van der Waals surface area contributed by atoms with Crippen molar-refractivity contribution in [2.24, 2.45) is 5.92 Å². The van der Waals surface area contributed by atoms with Crippen LogP contribution in [0.3, 0.4) is 0 Å². The summed E-state index contributed by atoms with van der Waals surface area (Å²) in [4.78, 5) is 43.1. The maximum Gasteiger partial charge on any atom is 0.335 e. The summed E-state index contributed by atoms with van der Waals surface area (Å²) < 4.78 is 18.7. The molecule has 2 aliphatic rings. The van der Waals surface area contributed by atoms with Crippen LogP contribution in [0.5, 0.6) is 0 Å². The Morgan fingerprint density at radius 1 is 1.27 bits per heavy atom. The maximum atomic E-state index is 13.1. The van der Waals surface area contributed by atoms with Gasteiger partial charge in [-0.2, -0.15) is 5.10 Å². The smallest absolute Gasteiger partial charge is 0.335 e. The SMILES string of the molecule is Cc1cc(Nc2nn([C@]3(C)CCC(C(=O)OCC(C)C)OC3)c3cc[nH]c(=O)c23)ccc1C(=O)N1CCOC(C)C1. The second-order valence-electron chi connectivity index (χ2n) is 11.8. The van der Waals surface area contributed by atoms with Gasteiger partial charge in [0.2, 0.25) is 0 Å². The van der Waals surface area contributed by atoms with Crippen LogP contribution in [0.4, 0.5) is 11.5 Å². The zero-order chi connectivity index (χ0) is 29.3. The molecule has 1 aromatic carbocycles. The number of aromatic nitrogens is 3. The first-order chi connectivity index (χ1) is 19.6. The lowest BCUT2D eigenvalue weighted by Crippen LogP contribution is -2.45. The molecule has 0 radical (unpaired) electrons. The lowest BCUT2D eigenvalue weighted by atomic mass is 9.92. The number of amides is 1. The van der Waals surface area contributed by atoms with E-state index < -0.39 is 11.6 Å². The first kappa shape index (κ1) is 28.8. The van der Waals surface area contributed by atoms with E-state index in [1.807, 2.05) is 62.4 Å². The van der Waals surface area contributed by atoms with Crippen LogP contribution in [-0.4, -0.2) is 76.7 Å². The van der Waals surface area contributed by atoms with Crippen LogP contribution in [-0.2, 0) is 24.5 Å². The molecular formula is C30H39N5O6. The number of benzene rings is 1. The van der Waals surface area contributed by atoms with E-state index in [4.69, 9.17) is 19.3 Å². The van der Waals surface area contributed by atoms with Crippen molar-refractivity contribution in [1.82, 2.24) is 19.7 Å². The first-order valence-electron chi connectivity index (χ1n) is 14.2. The van der Waals surface area contributed by atoms with Crippen molar-refractivity contribution in [3.05, 3.63) is 51.9 Å². The van der Waals surface area contributed by atoms with E-state index in [-0.39, 0.29) is 36.1 Å². The molecule has 0 bridgehead atoms. The highest BCUT2D eigenvalue weighted by Gasteiger charge is 2.39. The zero-order valence-corrected chi connectivity index (χ0v) is 24.4. The molecule has 11 nitrogen and oxygen atoms in total. The van der Waals surface area contributed by atoms with Crippen LogP contribution in [0.2, 0.25) is 0 Å². The Kier molecular flexibility index (Phi) is 8.19. The number of aryl methyl sites for hydroxylation is 1. The van der Waals surface area contributed by atoms with Crippen molar-refractivity contribution < 1.29 is 23.8 Å². The number of carbonyl (C=O) groups excluding carboxylic acids is 2. The summed E-state index contributed by atoms with van der Waals surface area (Å²) in [5.41, 5.74) is 1.97. The molecule has 2 unspecified atom stereocenters. The minimum atomic E-state index is -0.616. The Hall–Kier alpha value is -3.70. The molecule has 1 amide bonds. The molecule has 2 fully saturated rings. The van der Waals surface area contributed by atoms with Gasteiger partial charge in [-0.1, -0.05) is 13.8 Å². The molecule has 2 N–H and O–H groups in total. The maximum absolute atomic E-state index is 13.1. The number of hydrogen-bond donors (Lipinski definition) is 2. The third kappa shape index (κ3) is 6.01. The van der Waals surface area contributed by atoms with Gasteiger partial charge in [0, 0.05) is 30.5 Å². The molecular weight excluding hydrogens is 526 g/mol. The Balaban J connectivity index is 1.37. The third-order valence-electron chi connectivity index (χ3n) is 7.73. The number of nitrogens with one attached hydrogen (secondary N) is 2. The second-order valence-corrected chi connectivity index (χ2v) is 11.8. The van der Waals surface area contributed by atoms with Crippen LogP contribution in [0.25, 0.3) is 10.9 Å². The number of anilines is 2. The minimum absolute atomic E-state index is 0.0106. The van der Waals surface area contributed by atoms with Crippen LogP contribution in [0, 0.1) is 12.8 Å². The molecule has 5 rings (SSSR count). The highest BCUT2D eigenvalue weighted by molar-refractivity contribution is 5.97. The number of ether oxygens (including phenoxy) is 3. The summed E-state index contributed by atoms with van der Waals surface area (Å²) in [6, 6.07) is 7.33. The standard InChI is InChI=1S/C30H39N5O6/c1-18(2)16-40-29(38)24-8-10-30(5,17-41-24)35-23-9-11-31-27(36)25(23)26(33-35)32-21-6-7-22(19(3)14-21)28(37)34-12-13-39-20(4)15-34/h6-7,9,11,14,18,20,24H,8,10,12-13,15-17H2,1-5H3,(H,31,36)(H,32,33)/t20?,24?,30-/m1/s1. The summed E-state index contributed by atoms with van der Waals surface area (Å²) >= 11 is 0. The monoisotopic (exact) mass is 565 g/mol. The van der Waals surface area contributed by atoms with Crippen LogP contribution in [0.1, 0.15) is 56.5 Å². The summed E-state index contributed by atoms with van der Waals surface area (Å²) in [5.74, 6) is 0.292. The van der Waals surface area contributed by atoms with Gasteiger partial charge in [-0.15, -0.1) is 0 Å². The molecule has 0 aliphatic carbocycles. The van der Waals surface area contributed by atoms with Gasteiger partial charge in [0.05, 0.1) is 37.0 Å². The largest absolute Gasteiger partial charge is 0.463 e. The Labute approximate surface area is 239 Å². The predicted molar refractivity (Wildman–Crippen MR) is 155 cm³/mol. The van der Waals surface area contributed by atoms with Crippen molar-refractivity contribution in [1.29, 1.82) is 0 Å². The fraction of sp³-hybridized carbons (Fsp3) is 0.533. The fourth-order valence-corrected chi connectivity index (χ4v) is 5.44. The fourth-order valence-electron chi connectivity index (χ4n) is 5.44.